The van der Waals surface area contributed by atoms with Crippen LogP contribution in [0.3, 0.4) is 0 Å². The monoisotopic (exact) mass is 240 g/mol. The van der Waals surface area contributed by atoms with Gasteiger partial charge in [0.15, 0.2) is 0 Å². The zero-order valence-electron chi connectivity index (χ0n) is 8.91. The van der Waals surface area contributed by atoms with Crippen molar-refractivity contribution in [3.8, 4) is 0 Å². The molecular formula is C11H16N2O2S. The van der Waals surface area contributed by atoms with Crippen molar-refractivity contribution < 1.29 is 10.3 Å². The molecule has 0 aliphatic heterocycles. The van der Waals surface area contributed by atoms with Gasteiger partial charge >= 0.3 is 0 Å². The second kappa shape index (κ2) is 7.14. The lowest BCUT2D eigenvalue weighted by Gasteiger charge is -2.15. The summed E-state index contributed by atoms with van der Waals surface area (Å²) in [6.45, 7) is 0.141. The highest BCUT2D eigenvalue weighted by molar-refractivity contribution is 7.99. The van der Waals surface area contributed by atoms with Crippen LogP contribution in [0.25, 0.3) is 0 Å². The second-order valence-corrected chi connectivity index (χ2v) is 4.44. The third-order valence-electron chi connectivity index (χ3n) is 2.19. The fourth-order valence-electron chi connectivity index (χ4n) is 1.37. The number of thioether (sulfide) groups is 1. The maximum Gasteiger partial charge on any atom is 0.147 e. The molecule has 1 aromatic carbocycles. The summed E-state index contributed by atoms with van der Waals surface area (Å²) in [6, 6.07) is 9.66. The zero-order chi connectivity index (χ0) is 11.8. The summed E-state index contributed by atoms with van der Waals surface area (Å²) in [4.78, 5) is 0. The Morgan fingerprint density at radius 3 is 2.62 bits per heavy atom. The molecule has 0 amide bonds. The van der Waals surface area contributed by atoms with Gasteiger partial charge in [0, 0.05) is 11.5 Å². The number of benzene rings is 1. The predicted molar refractivity (Wildman–Crippen MR) is 67.0 cm³/mol. The van der Waals surface area contributed by atoms with Crippen molar-refractivity contribution in [3.05, 3.63) is 35.9 Å². The summed E-state index contributed by atoms with van der Waals surface area (Å²) in [5.74, 6) is 1.45. The van der Waals surface area contributed by atoms with Crippen LogP contribution in [0, 0.1) is 0 Å². The van der Waals surface area contributed by atoms with E-state index in [-0.39, 0.29) is 18.4 Å². The first-order valence-electron chi connectivity index (χ1n) is 5.00. The fourth-order valence-corrected chi connectivity index (χ4v) is 2.27. The first-order chi connectivity index (χ1) is 7.79. The van der Waals surface area contributed by atoms with Gasteiger partial charge in [-0.2, -0.15) is 11.8 Å². The van der Waals surface area contributed by atoms with Gasteiger partial charge in [0.05, 0.1) is 12.5 Å². The summed E-state index contributed by atoms with van der Waals surface area (Å²) in [5, 5.41) is 20.5. The summed E-state index contributed by atoms with van der Waals surface area (Å²) in [7, 11) is 0. The molecule has 0 bridgehead atoms. The van der Waals surface area contributed by atoms with Crippen LogP contribution in [-0.4, -0.2) is 34.3 Å². The Bertz CT molecular complexity index is 330. The minimum absolute atomic E-state index is 0.109. The molecule has 0 spiro atoms. The van der Waals surface area contributed by atoms with Crippen molar-refractivity contribution in [3.63, 3.8) is 0 Å². The molecule has 1 rings (SSSR count). The Kier molecular flexibility index (Phi) is 5.74. The molecule has 0 aliphatic rings. The van der Waals surface area contributed by atoms with Crippen molar-refractivity contribution in [2.45, 2.75) is 5.92 Å². The molecule has 0 aromatic heterocycles. The lowest BCUT2D eigenvalue weighted by molar-refractivity contribution is 0.316. The summed E-state index contributed by atoms with van der Waals surface area (Å²) in [5.41, 5.74) is 6.67. The Labute approximate surface area is 99.2 Å². The quantitative estimate of drug-likeness (QED) is 0.230. The molecule has 1 aromatic rings. The average molecular weight is 240 g/mol. The van der Waals surface area contributed by atoms with E-state index in [1.165, 1.54) is 0 Å². The van der Waals surface area contributed by atoms with Gasteiger partial charge in [0.25, 0.3) is 0 Å². The summed E-state index contributed by atoms with van der Waals surface area (Å²) >= 11 is 1.58. The zero-order valence-corrected chi connectivity index (χ0v) is 9.73. The van der Waals surface area contributed by atoms with Gasteiger partial charge in [-0.1, -0.05) is 35.5 Å². The van der Waals surface area contributed by atoms with E-state index >= 15 is 0 Å². The lowest BCUT2D eigenvalue weighted by atomic mass is 10.0. The number of nitrogens with two attached hydrogens (primary N) is 1. The van der Waals surface area contributed by atoms with Crippen molar-refractivity contribution in [1.29, 1.82) is 0 Å². The van der Waals surface area contributed by atoms with Crippen molar-refractivity contribution in [1.82, 2.24) is 0 Å². The molecule has 0 heterocycles. The molecular weight excluding hydrogens is 224 g/mol. The van der Waals surface area contributed by atoms with Crippen LogP contribution in [-0.2, 0) is 0 Å². The number of hydrogen-bond donors (Lipinski definition) is 3. The van der Waals surface area contributed by atoms with E-state index in [0.717, 1.165) is 5.56 Å². The smallest absolute Gasteiger partial charge is 0.147 e. The van der Waals surface area contributed by atoms with Crippen LogP contribution in [0.5, 0.6) is 0 Å². The number of aliphatic hydroxyl groups is 1. The Balaban J connectivity index is 2.72. The molecule has 0 fully saturated rings. The van der Waals surface area contributed by atoms with Crippen LogP contribution in [0.2, 0.25) is 0 Å². The summed E-state index contributed by atoms with van der Waals surface area (Å²) < 4.78 is 0. The minimum atomic E-state index is -0.109. The third-order valence-corrected chi connectivity index (χ3v) is 3.23. The van der Waals surface area contributed by atoms with E-state index in [0.29, 0.717) is 11.5 Å². The van der Waals surface area contributed by atoms with E-state index in [9.17, 15) is 0 Å². The van der Waals surface area contributed by atoms with Gasteiger partial charge in [-0.15, -0.1) is 0 Å². The highest BCUT2D eigenvalue weighted by Crippen LogP contribution is 2.20. The number of oxime groups is 1. The number of aliphatic hydroxyl groups excluding tert-OH is 1. The van der Waals surface area contributed by atoms with Gasteiger partial charge in [-0.05, 0) is 5.56 Å². The van der Waals surface area contributed by atoms with E-state index in [1.54, 1.807) is 11.8 Å². The fraction of sp³-hybridized carbons (Fsp3) is 0.364. The number of hydrogen-bond acceptors (Lipinski definition) is 4. The number of rotatable bonds is 6. The molecule has 0 aliphatic carbocycles. The first kappa shape index (κ1) is 12.9. The summed E-state index contributed by atoms with van der Waals surface area (Å²) in [6.07, 6.45) is 0. The maximum atomic E-state index is 8.73. The number of amidine groups is 1. The molecule has 0 saturated heterocycles. The van der Waals surface area contributed by atoms with Gasteiger partial charge in [0.1, 0.15) is 5.84 Å². The molecule has 88 valence electrons. The topological polar surface area (TPSA) is 78.8 Å². The van der Waals surface area contributed by atoms with Crippen LogP contribution < -0.4 is 5.73 Å². The Morgan fingerprint density at radius 2 is 2.06 bits per heavy atom. The largest absolute Gasteiger partial charge is 0.409 e. The Hall–Kier alpha value is -1.20. The average Bonchev–Trinajstić information content (AvgIpc) is 2.35. The van der Waals surface area contributed by atoms with Crippen molar-refractivity contribution in [2.75, 3.05) is 18.1 Å². The minimum Gasteiger partial charge on any atom is -0.409 e. The Morgan fingerprint density at radius 1 is 1.38 bits per heavy atom. The molecule has 4 N–H and O–H groups in total. The molecule has 5 heteroatoms. The molecule has 1 atom stereocenters. The predicted octanol–water partition coefficient (Wildman–Crippen LogP) is 1.24. The molecule has 1 unspecified atom stereocenters. The maximum absolute atomic E-state index is 8.73. The van der Waals surface area contributed by atoms with E-state index in [1.807, 2.05) is 30.3 Å². The van der Waals surface area contributed by atoms with Crippen molar-refractivity contribution >= 4 is 17.6 Å². The highest BCUT2D eigenvalue weighted by Gasteiger charge is 2.16. The van der Waals surface area contributed by atoms with Gasteiger partial charge in [-0.25, -0.2) is 0 Å². The van der Waals surface area contributed by atoms with Gasteiger partial charge in [0.2, 0.25) is 0 Å². The van der Waals surface area contributed by atoms with E-state index in [4.69, 9.17) is 16.0 Å². The molecule has 16 heavy (non-hydrogen) atoms. The highest BCUT2D eigenvalue weighted by atomic mass is 32.2. The van der Waals surface area contributed by atoms with Crippen LogP contribution in [0.15, 0.2) is 35.5 Å². The van der Waals surface area contributed by atoms with Crippen molar-refractivity contribution in [2.24, 2.45) is 10.9 Å². The lowest BCUT2D eigenvalue weighted by Crippen LogP contribution is -2.24. The number of nitrogens with zero attached hydrogens (tertiary/aromatic N) is 1. The molecule has 0 saturated carbocycles. The van der Waals surface area contributed by atoms with Crippen LogP contribution in [0.4, 0.5) is 0 Å². The standard InChI is InChI=1S/C11H16N2O2S/c12-11(13-15)10(8-16-7-6-14)9-4-2-1-3-5-9/h1-5,10,14-15H,6-8H2,(H2,12,13). The van der Waals surface area contributed by atoms with Crippen LogP contribution >= 0.6 is 11.8 Å². The molecule has 4 nitrogen and oxygen atoms in total. The first-order valence-corrected chi connectivity index (χ1v) is 6.16. The van der Waals surface area contributed by atoms with E-state index < -0.39 is 0 Å². The third kappa shape index (κ3) is 3.75. The van der Waals surface area contributed by atoms with Gasteiger partial charge in [-0.3, -0.25) is 0 Å². The molecule has 0 radical (unpaired) electrons. The SMILES string of the molecule is NC(=NO)C(CSCCO)c1ccccc1. The van der Waals surface area contributed by atoms with Crippen LogP contribution in [0.1, 0.15) is 11.5 Å². The second-order valence-electron chi connectivity index (χ2n) is 3.29. The van der Waals surface area contributed by atoms with E-state index in [2.05, 4.69) is 5.16 Å². The normalized spacial score (nSPS) is 13.7. The van der Waals surface area contributed by atoms with Gasteiger partial charge < -0.3 is 16.0 Å².